The van der Waals surface area contributed by atoms with Crippen molar-refractivity contribution < 1.29 is 25.8 Å². The van der Waals surface area contributed by atoms with Crippen LogP contribution in [-0.2, 0) is 37.3 Å². The van der Waals surface area contributed by atoms with Crippen LogP contribution in [0.3, 0.4) is 0 Å². The quantitative estimate of drug-likeness (QED) is 0.135. The van der Waals surface area contributed by atoms with E-state index in [0.717, 1.165) is 45.0 Å². The summed E-state index contributed by atoms with van der Waals surface area (Å²) in [5.41, 5.74) is 11.8. The second-order valence-corrected chi connectivity index (χ2v) is 18.7. The second kappa shape index (κ2) is 16.6. The van der Waals surface area contributed by atoms with Crippen molar-refractivity contribution in [2.75, 3.05) is 9.80 Å². The fraction of sp³-hybridized carbons (Fsp3) is 0.172. The van der Waals surface area contributed by atoms with Gasteiger partial charge in [-0.1, -0.05) is 151 Å². The standard InChI is InChI=1S/C58H51N4O.Pt/c1-56(2,3)42-23-16-24-44(35-42)60-39-61(51-29-15-14-28-50(51)60)45-25-17-26-46(37-45)63-47-31-32-48-53(38-47)62(54-36-43(33-34-59-54)57(4,5)40-19-10-8-11-20-40)52-30-18-27-49(55(48)52)58(6,7)41-21-12-9-13-22-41;/h8-36,39H,1-7H3;/q-3;. The molecule has 9 aromatic rings. The van der Waals surface area contributed by atoms with E-state index < -0.39 is 0 Å². The molecule has 322 valence electrons. The number of hydrogen-bond acceptors (Lipinski definition) is 4. The van der Waals surface area contributed by atoms with Crippen LogP contribution in [0.1, 0.15) is 76.3 Å². The molecular weight excluding hydrogens is 964 g/mol. The Kier molecular flexibility index (Phi) is 11.1. The molecule has 2 aromatic heterocycles. The Morgan fingerprint density at radius 2 is 1.16 bits per heavy atom. The van der Waals surface area contributed by atoms with Crippen LogP contribution in [0, 0.1) is 18.8 Å². The number of para-hydroxylation sites is 2. The number of ether oxygens (including phenoxy) is 1. The van der Waals surface area contributed by atoms with E-state index in [1.807, 2.05) is 24.4 Å². The minimum absolute atomic E-state index is 0. The van der Waals surface area contributed by atoms with Gasteiger partial charge in [0.25, 0.3) is 0 Å². The Hall–Kier alpha value is -6.42. The Morgan fingerprint density at radius 3 is 1.88 bits per heavy atom. The summed E-state index contributed by atoms with van der Waals surface area (Å²) in [5.74, 6) is 2.02. The molecule has 10 rings (SSSR count). The maximum absolute atomic E-state index is 6.73. The number of pyridine rings is 1. The molecule has 0 aliphatic carbocycles. The summed E-state index contributed by atoms with van der Waals surface area (Å²) in [4.78, 5) is 9.49. The van der Waals surface area contributed by atoms with Crippen LogP contribution >= 0.6 is 0 Å². The molecular formula is C58H51N4OPt-3. The van der Waals surface area contributed by atoms with Crippen molar-refractivity contribution in [1.29, 1.82) is 0 Å². The van der Waals surface area contributed by atoms with Gasteiger partial charge in [-0.3, -0.25) is 0 Å². The molecule has 7 aromatic carbocycles. The van der Waals surface area contributed by atoms with E-state index in [0.29, 0.717) is 11.5 Å². The Morgan fingerprint density at radius 1 is 0.531 bits per heavy atom. The average molecular weight is 1020 g/mol. The van der Waals surface area contributed by atoms with Gasteiger partial charge in [0.15, 0.2) is 0 Å². The van der Waals surface area contributed by atoms with Crippen molar-refractivity contribution >= 4 is 44.6 Å². The molecule has 0 N–H and O–H groups in total. The summed E-state index contributed by atoms with van der Waals surface area (Å²) < 4.78 is 8.99. The number of fused-ring (bicyclic) bond motifs is 4. The molecule has 0 saturated carbocycles. The molecule has 5 nitrogen and oxygen atoms in total. The number of benzene rings is 7. The largest absolute Gasteiger partial charge is 0.509 e. The first-order valence-electron chi connectivity index (χ1n) is 21.8. The summed E-state index contributed by atoms with van der Waals surface area (Å²) >= 11 is 0. The van der Waals surface area contributed by atoms with E-state index in [1.54, 1.807) is 0 Å². The first kappa shape index (κ1) is 42.9. The third kappa shape index (κ3) is 7.60. The third-order valence-corrected chi connectivity index (χ3v) is 12.9. The Bertz CT molecular complexity index is 3130. The Labute approximate surface area is 392 Å². The number of aromatic nitrogens is 2. The van der Waals surface area contributed by atoms with Crippen molar-refractivity contribution in [1.82, 2.24) is 9.55 Å². The average Bonchev–Trinajstić information content (AvgIpc) is 3.86. The molecule has 0 fully saturated rings. The van der Waals surface area contributed by atoms with Gasteiger partial charge in [0.1, 0.15) is 5.82 Å². The van der Waals surface area contributed by atoms with Crippen molar-refractivity contribution in [3.63, 3.8) is 0 Å². The normalized spacial score (nSPS) is 13.0. The predicted molar refractivity (Wildman–Crippen MR) is 260 cm³/mol. The van der Waals surface area contributed by atoms with Crippen LogP contribution in [0.15, 0.2) is 176 Å². The number of anilines is 4. The smallest absolute Gasteiger partial charge is 0.135 e. The van der Waals surface area contributed by atoms with E-state index in [9.17, 15) is 0 Å². The van der Waals surface area contributed by atoms with Crippen LogP contribution in [0.5, 0.6) is 11.5 Å². The monoisotopic (exact) mass is 1010 g/mol. The summed E-state index contributed by atoms with van der Waals surface area (Å²) in [6.07, 6.45) is 1.93. The minimum Gasteiger partial charge on any atom is -0.509 e. The summed E-state index contributed by atoms with van der Waals surface area (Å²) in [7, 11) is 0. The molecule has 1 aliphatic heterocycles. The summed E-state index contributed by atoms with van der Waals surface area (Å²) in [6, 6.07) is 67.3. The fourth-order valence-corrected chi connectivity index (χ4v) is 9.14. The van der Waals surface area contributed by atoms with Crippen molar-refractivity contribution in [3.05, 3.63) is 223 Å². The van der Waals surface area contributed by atoms with Gasteiger partial charge in [0.2, 0.25) is 0 Å². The zero-order valence-electron chi connectivity index (χ0n) is 37.3. The molecule has 0 amide bonds. The SMILES string of the molecule is CC(C)(C)c1cccc(N2[CH-]N(c3[c-]c(Oc4[c-]c5c(cc4)c4c(C(C)(C)c6ccccc6)cccc4n5-c4cc(C(C)(C)c5ccccc5)ccn4)ccc3)c3ccccc32)c1.[Pt]. The van der Waals surface area contributed by atoms with Crippen LogP contribution in [-0.4, -0.2) is 9.55 Å². The van der Waals surface area contributed by atoms with Crippen molar-refractivity contribution in [2.45, 2.75) is 64.7 Å². The predicted octanol–water partition coefficient (Wildman–Crippen LogP) is 14.9. The van der Waals surface area contributed by atoms with Gasteiger partial charge in [0.05, 0.1) is 0 Å². The number of hydrogen-bond donors (Lipinski definition) is 0. The van der Waals surface area contributed by atoms with Crippen LogP contribution in [0.2, 0.25) is 0 Å². The molecule has 0 unspecified atom stereocenters. The van der Waals surface area contributed by atoms with Gasteiger partial charge >= 0.3 is 0 Å². The van der Waals surface area contributed by atoms with Gasteiger partial charge in [-0.15, -0.1) is 48.1 Å². The maximum atomic E-state index is 6.73. The summed E-state index contributed by atoms with van der Waals surface area (Å²) in [6.45, 7) is 18.1. The number of nitrogens with zero attached hydrogens (tertiary/aromatic N) is 4. The van der Waals surface area contributed by atoms with Crippen molar-refractivity contribution in [2.24, 2.45) is 0 Å². The molecule has 0 saturated heterocycles. The zero-order chi connectivity index (χ0) is 43.5. The van der Waals surface area contributed by atoms with E-state index >= 15 is 0 Å². The molecule has 64 heavy (non-hydrogen) atoms. The van der Waals surface area contributed by atoms with Gasteiger partial charge in [-0.25, -0.2) is 4.98 Å². The first-order valence-corrected chi connectivity index (χ1v) is 21.8. The third-order valence-electron chi connectivity index (χ3n) is 12.9. The van der Waals surface area contributed by atoms with Crippen LogP contribution in [0.25, 0.3) is 27.6 Å². The van der Waals surface area contributed by atoms with Gasteiger partial charge in [-0.2, -0.15) is 12.1 Å². The maximum Gasteiger partial charge on any atom is 0.135 e. The van der Waals surface area contributed by atoms with Crippen LogP contribution < -0.4 is 14.5 Å². The van der Waals surface area contributed by atoms with E-state index in [2.05, 4.69) is 233 Å². The molecule has 0 atom stereocenters. The van der Waals surface area contributed by atoms with Gasteiger partial charge in [0, 0.05) is 72.2 Å². The Balaban J connectivity index is 0.00000518. The molecule has 3 heterocycles. The molecule has 6 heteroatoms. The topological polar surface area (TPSA) is 33.5 Å². The van der Waals surface area contributed by atoms with Gasteiger partial charge in [-0.05, 0) is 81.1 Å². The van der Waals surface area contributed by atoms with E-state index in [1.165, 1.54) is 33.2 Å². The molecule has 0 radical (unpaired) electrons. The molecule has 0 spiro atoms. The number of rotatable bonds is 9. The van der Waals surface area contributed by atoms with Crippen LogP contribution in [0.4, 0.5) is 22.7 Å². The minimum atomic E-state index is -0.286. The van der Waals surface area contributed by atoms with Crippen molar-refractivity contribution in [3.8, 4) is 17.3 Å². The first-order chi connectivity index (χ1) is 30.4. The summed E-state index contributed by atoms with van der Waals surface area (Å²) in [5, 5.41) is 2.26. The molecule has 0 bridgehead atoms. The zero-order valence-corrected chi connectivity index (χ0v) is 39.6. The second-order valence-electron chi connectivity index (χ2n) is 18.7. The fourth-order valence-electron chi connectivity index (χ4n) is 9.14. The van der Waals surface area contributed by atoms with E-state index in [-0.39, 0.29) is 37.3 Å². The van der Waals surface area contributed by atoms with E-state index in [4.69, 9.17) is 9.72 Å². The molecule has 1 aliphatic rings. The van der Waals surface area contributed by atoms with Gasteiger partial charge < -0.3 is 19.1 Å².